The molecule has 0 spiro atoms. The Morgan fingerprint density at radius 3 is 2.69 bits per heavy atom. The fourth-order valence-electron chi connectivity index (χ4n) is 2.12. The number of nitrogens with zero attached hydrogens (tertiary/aromatic N) is 1. The minimum Gasteiger partial charge on any atom is -0.371 e. The molecule has 2 rings (SSSR count). The van der Waals surface area contributed by atoms with E-state index in [-0.39, 0.29) is 0 Å². The van der Waals surface area contributed by atoms with Crippen LogP contribution in [0.25, 0.3) is 0 Å². The molecule has 1 aromatic carbocycles. The molecule has 88 valence electrons. The Kier molecular flexibility index (Phi) is 4.28. The lowest BCUT2D eigenvalue weighted by molar-refractivity contribution is 0.706. The summed E-state index contributed by atoms with van der Waals surface area (Å²) >= 11 is 3.58. The van der Waals surface area contributed by atoms with E-state index in [1.165, 1.54) is 43.6 Å². The fourth-order valence-corrected chi connectivity index (χ4v) is 2.60. The third kappa shape index (κ3) is 3.00. The zero-order chi connectivity index (χ0) is 11.4. The third-order valence-electron chi connectivity index (χ3n) is 3.15. The van der Waals surface area contributed by atoms with Gasteiger partial charge in [-0.3, -0.25) is 0 Å². The van der Waals surface area contributed by atoms with E-state index < -0.39 is 0 Å². The molecule has 0 amide bonds. The molecular formula is C14H20BrN. The van der Waals surface area contributed by atoms with Gasteiger partial charge in [0.1, 0.15) is 0 Å². The molecule has 0 radical (unpaired) electrons. The molecule has 0 aromatic heterocycles. The lowest BCUT2D eigenvalue weighted by atomic mass is 10.1. The predicted molar refractivity (Wildman–Crippen MR) is 74.3 cm³/mol. The summed E-state index contributed by atoms with van der Waals surface area (Å²) in [6, 6.07) is 8.76. The van der Waals surface area contributed by atoms with Crippen LogP contribution >= 0.6 is 15.9 Å². The molecule has 2 heteroatoms. The Balaban J connectivity index is 2.14. The number of rotatable bonds is 6. The molecule has 0 bridgehead atoms. The van der Waals surface area contributed by atoms with Gasteiger partial charge < -0.3 is 4.90 Å². The van der Waals surface area contributed by atoms with E-state index in [0.29, 0.717) is 0 Å². The van der Waals surface area contributed by atoms with Crippen LogP contribution in [0, 0.1) is 5.92 Å². The number of hydrogen-bond acceptors (Lipinski definition) is 1. The van der Waals surface area contributed by atoms with E-state index >= 15 is 0 Å². The predicted octanol–water partition coefficient (Wildman–Crippen LogP) is 4.21. The molecule has 1 aliphatic rings. The van der Waals surface area contributed by atoms with E-state index in [1.807, 2.05) is 0 Å². The van der Waals surface area contributed by atoms with Crippen LogP contribution in [-0.4, -0.2) is 13.1 Å². The summed E-state index contributed by atoms with van der Waals surface area (Å²) in [5.74, 6) is 0.954. The SMILES string of the molecule is CCCN(CC1CC1)c1ccccc1CBr. The zero-order valence-corrected chi connectivity index (χ0v) is 11.5. The maximum Gasteiger partial charge on any atom is 0.0407 e. The van der Waals surface area contributed by atoms with Crippen molar-refractivity contribution >= 4 is 21.6 Å². The largest absolute Gasteiger partial charge is 0.371 e. The number of para-hydroxylation sites is 1. The molecule has 1 aliphatic carbocycles. The Morgan fingerprint density at radius 2 is 2.06 bits per heavy atom. The highest BCUT2D eigenvalue weighted by molar-refractivity contribution is 9.08. The number of halogens is 1. The van der Waals surface area contributed by atoms with Gasteiger partial charge in [-0.25, -0.2) is 0 Å². The number of benzene rings is 1. The molecule has 1 nitrogen and oxygen atoms in total. The first-order valence-electron chi connectivity index (χ1n) is 6.24. The Hall–Kier alpha value is -0.500. The summed E-state index contributed by atoms with van der Waals surface area (Å²) in [6.07, 6.45) is 4.08. The summed E-state index contributed by atoms with van der Waals surface area (Å²) in [5.41, 5.74) is 2.84. The van der Waals surface area contributed by atoms with Crippen LogP contribution < -0.4 is 4.90 Å². The molecule has 0 heterocycles. The van der Waals surface area contributed by atoms with Gasteiger partial charge in [-0.1, -0.05) is 41.1 Å². The zero-order valence-electron chi connectivity index (χ0n) is 9.95. The van der Waals surface area contributed by atoms with E-state index in [9.17, 15) is 0 Å². The monoisotopic (exact) mass is 281 g/mol. The van der Waals surface area contributed by atoms with Gasteiger partial charge in [0, 0.05) is 24.1 Å². The van der Waals surface area contributed by atoms with Gasteiger partial charge in [0.2, 0.25) is 0 Å². The van der Waals surface area contributed by atoms with Gasteiger partial charge >= 0.3 is 0 Å². The molecule has 0 atom stereocenters. The smallest absolute Gasteiger partial charge is 0.0407 e. The number of anilines is 1. The Bertz CT molecular complexity index is 333. The minimum absolute atomic E-state index is 0.952. The normalized spacial score (nSPS) is 15.1. The summed E-state index contributed by atoms with van der Waals surface area (Å²) in [7, 11) is 0. The Labute approximate surface area is 107 Å². The second-order valence-electron chi connectivity index (χ2n) is 4.65. The first-order valence-corrected chi connectivity index (χ1v) is 7.36. The van der Waals surface area contributed by atoms with Crippen molar-refractivity contribution in [2.75, 3.05) is 18.0 Å². The lowest BCUT2D eigenvalue weighted by Gasteiger charge is -2.26. The van der Waals surface area contributed by atoms with Gasteiger partial charge in [-0.05, 0) is 36.8 Å². The van der Waals surface area contributed by atoms with Crippen LogP contribution in [0.1, 0.15) is 31.7 Å². The molecular weight excluding hydrogens is 262 g/mol. The van der Waals surface area contributed by atoms with E-state index in [0.717, 1.165) is 11.2 Å². The van der Waals surface area contributed by atoms with Crippen LogP contribution in [0.3, 0.4) is 0 Å². The van der Waals surface area contributed by atoms with Crippen molar-refractivity contribution in [1.29, 1.82) is 0 Å². The molecule has 0 unspecified atom stereocenters. The van der Waals surface area contributed by atoms with E-state index in [4.69, 9.17) is 0 Å². The lowest BCUT2D eigenvalue weighted by Crippen LogP contribution is -2.27. The standard InChI is InChI=1S/C14H20BrN/c1-2-9-16(11-12-7-8-12)14-6-4-3-5-13(14)10-15/h3-6,12H,2,7-11H2,1H3. The summed E-state index contributed by atoms with van der Waals surface area (Å²) in [5, 5.41) is 0.952. The molecule has 16 heavy (non-hydrogen) atoms. The second kappa shape index (κ2) is 5.72. The quantitative estimate of drug-likeness (QED) is 0.706. The topological polar surface area (TPSA) is 3.24 Å². The summed E-state index contributed by atoms with van der Waals surface area (Å²) in [4.78, 5) is 2.56. The van der Waals surface area contributed by atoms with Crippen LogP contribution in [-0.2, 0) is 5.33 Å². The van der Waals surface area contributed by atoms with Crippen molar-refractivity contribution in [3.05, 3.63) is 29.8 Å². The van der Waals surface area contributed by atoms with Crippen LogP contribution in [0.4, 0.5) is 5.69 Å². The highest BCUT2D eigenvalue weighted by atomic mass is 79.9. The van der Waals surface area contributed by atoms with Crippen molar-refractivity contribution in [2.45, 2.75) is 31.5 Å². The van der Waals surface area contributed by atoms with Crippen LogP contribution in [0.5, 0.6) is 0 Å². The van der Waals surface area contributed by atoms with Crippen molar-refractivity contribution in [1.82, 2.24) is 0 Å². The van der Waals surface area contributed by atoms with Gasteiger partial charge in [0.15, 0.2) is 0 Å². The molecule has 1 saturated carbocycles. The van der Waals surface area contributed by atoms with Crippen molar-refractivity contribution in [3.8, 4) is 0 Å². The molecule has 0 N–H and O–H groups in total. The molecule has 0 saturated heterocycles. The third-order valence-corrected chi connectivity index (χ3v) is 3.75. The fraction of sp³-hybridized carbons (Fsp3) is 0.571. The summed E-state index contributed by atoms with van der Waals surface area (Å²) < 4.78 is 0. The first kappa shape index (κ1) is 12.0. The second-order valence-corrected chi connectivity index (χ2v) is 5.21. The van der Waals surface area contributed by atoms with Crippen LogP contribution in [0.15, 0.2) is 24.3 Å². The molecule has 1 fully saturated rings. The van der Waals surface area contributed by atoms with Crippen molar-refractivity contribution in [3.63, 3.8) is 0 Å². The average molecular weight is 282 g/mol. The maximum absolute atomic E-state index is 3.58. The average Bonchev–Trinajstić information content (AvgIpc) is 3.12. The van der Waals surface area contributed by atoms with Gasteiger partial charge in [-0.15, -0.1) is 0 Å². The van der Waals surface area contributed by atoms with Gasteiger partial charge in [0.25, 0.3) is 0 Å². The molecule has 1 aromatic rings. The number of alkyl halides is 1. The first-order chi connectivity index (χ1) is 7.85. The van der Waals surface area contributed by atoms with Gasteiger partial charge in [0.05, 0.1) is 0 Å². The maximum atomic E-state index is 3.58. The van der Waals surface area contributed by atoms with Crippen molar-refractivity contribution < 1.29 is 0 Å². The highest BCUT2D eigenvalue weighted by Crippen LogP contribution is 2.32. The minimum atomic E-state index is 0.952. The summed E-state index contributed by atoms with van der Waals surface area (Å²) in [6.45, 7) is 4.69. The van der Waals surface area contributed by atoms with Crippen molar-refractivity contribution in [2.24, 2.45) is 5.92 Å². The van der Waals surface area contributed by atoms with E-state index in [2.05, 4.69) is 52.0 Å². The Morgan fingerprint density at radius 1 is 1.31 bits per heavy atom. The number of hydrogen-bond donors (Lipinski definition) is 0. The van der Waals surface area contributed by atoms with E-state index in [1.54, 1.807) is 0 Å². The highest BCUT2D eigenvalue weighted by Gasteiger charge is 2.24. The van der Waals surface area contributed by atoms with Crippen LogP contribution in [0.2, 0.25) is 0 Å². The molecule has 0 aliphatic heterocycles. The van der Waals surface area contributed by atoms with Gasteiger partial charge in [-0.2, -0.15) is 0 Å².